The maximum Gasteiger partial charge on any atom is 0.411 e. The third kappa shape index (κ3) is 2.93. The first-order valence-electron chi connectivity index (χ1n) is 6.07. The zero-order chi connectivity index (χ0) is 14.7. The molecule has 5 nitrogen and oxygen atoms in total. The minimum absolute atomic E-state index is 0.0457. The molecule has 1 N–H and O–H groups in total. The highest BCUT2D eigenvalue weighted by molar-refractivity contribution is 6.30. The number of amides is 1. The van der Waals surface area contributed by atoms with Crippen LogP contribution >= 0.6 is 11.6 Å². The summed E-state index contributed by atoms with van der Waals surface area (Å²) >= 11 is 5.92. The molecule has 0 unspecified atom stereocenters. The van der Waals surface area contributed by atoms with Crippen LogP contribution in [-0.2, 0) is 22.5 Å². The largest absolute Gasteiger partial charge is 0.480 e. The van der Waals surface area contributed by atoms with Crippen molar-refractivity contribution in [3.05, 3.63) is 47.0 Å². The highest BCUT2D eigenvalue weighted by atomic mass is 35.5. The highest BCUT2D eigenvalue weighted by Gasteiger charge is 2.35. The van der Waals surface area contributed by atoms with Crippen LogP contribution in [0.4, 0.5) is 4.79 Å². The van der Waals surface area contributed by atoms with E-state index in [1.807, 2.05) is 0 Å². The number of benzene rings is 1. The number of hydrogen-bond acceptors (Lipinski definition) is 3. The minimum Gasteiger partial charge on any atom is -0.480 e. The predicted molar refractivity (Wildman–Crippen MR) is 73.7 cm³/mol. The number of fused-ring (bicyclic) bond motifs is 1. The van der Waals surface area contributed by atoms with E-state index < -0.39 is 18.1 Å². The summed E-state index contributed by atoms with van der Waals surface area (Å²) in [6.45, 7) is 3.67. The van der Waals surface area contributed by atoms with Gasteiger partial charge in [0.15, 0.2) is 0 Å². The summed E-state index contributed by atoms with van der Waals surface area (Å²) in [6, 6.07) is 4.31. The zero-order valence-corrected chi connectivity index (χ0v) is 11.5. The van der Waals surface area contributed by atoms with E-state index in [0.717, 1.165) is 11.1 Å². The Kier molecular flexibility index (Phi) is 4.29. The molecule has 6 heteroatoms. The Bertz CT molecular complexity index is 558. The van der Waals surface area contributed by atoms with Crippen molar-refractivity contribution in [1.29, 1.82) is 0 Å². The van der Waals surface area contributed by atoms with E-state index in [-0.39, 0.29) is 19.6 Å². The molecule has 2 rings (SSSR count). The smallest absolute Gasteiger partial charge is 0.411 e. The van der Waals surface area contributed by atoms with Crippen molar-refractivity contribution < 1.29 is 19.4 Å². The van der Waals surface area contributed by atoms with Gasteiger partial charge in [0.05, 0.1) is 6.54 Å². The van der Waals surface area contributed by atoms with E-state index in [9.17, 15) is 14.7 Å². The first kappa shape index (κ1) is 14.4. The number of hydrogen-bond donors (Lipinski definition) is 1. The van der Waals surface area contributed by atoms with Crippen molar-refractivity contribution in [2.75, 3.05) is 6.61 Å². The second-order valence-electron chi connectivity index (χ2n) is 4.46. The number of carbonyl (C=O) groups excluding carboxylic acids is 1. The van der Waals surface area contributed by atoms with E-state index in [1.54, 1.807) is 18.2 Å². The first-order chi connectivity index (χ1) is 9.52. The van der Waals surface area contributed by atoms with Crippen LogP contribution < -0.4 is 0 Å². The van der Waals surface area contributed by atoms with Gasteiger partial charge in [-0.2, -0.15) is 0 Å². The topological polar surface area (TPSA) is 66.8 Å². The average Bonchev–Trinajstić information content (AvgIpc) is 2.43. The molecule has 1 aliphatic rings. The first-order valence-corrected chi connectivity index (χ1v) is 6.45. The third-order valence-corrected chi connectivity index (χ3v) is 3.38. The van der Waals surface area contributed by atoms with Gasteiger partial charge < -0.3 is 9.84 Å². The SMILES string of the molecule is C=CCOC(=O)N1Cc2cc(Cl)ccc2C[C@@H]1C(=O)O. The van der Waals surface area contributed by atoms with Gasteiger partial charge in [0.25, 0.3) is 0 Å². The molecule has 1 atom stereocenters. The maximum absolute atomic E-state index is 11.9. The second kappa shape index (κ2) is 5.96. The molecule has 0 bridgehead atoms. The Labute approximate surface area is 121 Å². The lowest BCUT2D eigenvalue weighted by Crippen LogP contribution is -2.48. The lowest BCUT2D eigenvalue weighted by Gasteiger charge is -2.33. The normalized spacial score (nSPS) is 17.2. The summed E-state index contributed by atoms with van der Waals surface area (Å²) in [5.41, 5.74) is 1.72. The second-order valence-corrected chi connectivity index (χ2v) is 4.90. The monoisotopic (exact) mass is 295 g/mol. The Hall–Kier alpha value is -2.01. The van der Waals surface area contributed by atoms with Gasteiger partial charge in [0.2, 0.25) is 0 Å². The van der Waals surface area contributed by atoms with Crippen LogP contribution in [-0.4, -0.2) is 34.7 Å². The fourth-order valence-corrected chi connectivity index (χ4v) is 2.37. The number of ether oxygens (including phenoxy) is 1. The van der Waals surface area contributed by atoms with Crippen molar-refractivity contribution in [2.45, 2.75) is 19.0 Å². The Balaban J connectivity index is 2.27. The van der Waals surface area contributed by atoms with Crippen LogP contribution in [0.5, 0.6) is 0 Å². The molecular formula is C14H14ClNO4. The molecule has 0 radical (unpaired) electrons. The van der Waals surface area contributed by atoms with Crippen LogP contribution in [0.25, 0.3) is 0 Å². The zero-order valence-electron chi connectivity index (χ0n) is 10.7. The molecule has 1 amide bonds. The van der Waals surface area contributed by atoms with E-state index in [1.165, 1.54) is 11.0 Å². The number of carboxylic acid groups (broad SMARTS) is 1. The molecule has 106 valence electrons. The van der Waals surface area contributed by atoms with Gasteiger partial charge >= 0.3 is 12.1 Å². The molecule has 20 heavy (non-hydrogen) atoms. The van der Waals surface area contributed by atoms with Gasteiger partial charge in [-0.05, 0) is 23.3 Å². The number of rotatable bonds is 3. The van der Waals surface area contributed by atoms with Gasteiger partial charge in [0, 0.05) is 11.4 Å². The predicted octanol–water partition coefficient (Wildman–Crippen LogP) is 2.47. The van der Waals surface area contributed by atoms with Crippen molar-refractivity contribution in [3.8, 4) is 0 Å². The standard InChI is InChI=1S/C14H14ClNO4/c1-2-5-20-14(19)16-8-10-6-11(15)4-3-9(10)7-12(16)13(17)18/h2-4,6,12H,1,5,7-8H2,(H,17,18)/t12-/m1/s1. The Morgan fingerprint density at radius 2 is 2.25 bits per heavy atom. The Morgan fingerprint density at radius 1 is 1.50 bits per heavy atom. The number of carboxylic acids is 1. The Morgan fingerprint density at radius 3 is 2.90 bits per heavy atom. The molecule has 0 aliphatic carbocycles. The summed E-state index contributed by atoms with van der Waals surface area (Å²) in [4.78, 5) is 24.4. The quantitative estimate of drug-likeness (QED) is 0.870. The van der Waals surface area contributed by atoms with Gasteiger partial charge in [0.1, 0.15) is 12.6 Å². The van der Waals surface area contributed by atoms with E-state index in [0.29, 0.717) is 5.02 Å². The fourth-order valence-electron chi connectivity index (χ4n) is 2.18. The molecule has 0 spiro atoms. The van der Waals surface area contributed by atoms with Crippen molar-refractivity contribution in [1.82, 2.24) is 4.90 Å². The van der Waals surface area contributed by atoms with E-state index >= 15 is 0 Å². The van der Waals surface area contributed by atoms with Crippen LogP contribution in [0.3, 0.4) is 0 Å². The molecule has 1 heterocycles. The number of halogens is 1. The van der Waals surface area contributed by atoms with E-state index in [4.69, 9.17) is 16.3 Å². The summed E-state index contributed by atoms with van der Waals surface area (Å²) in [6.07, 6.45) is 1.01. The molecule has 0 saturated carbocycles. The molecular weight excluding hydrogens is 282 g/mol. The van der Waals surface area contributed by atoms with Crippen LogP contribution in [0.15, 0.2) is 30.9 Å². The van der Waals surface area contributed by atoms with Crippen molar-refractivity contribution in [2.24, 2.45) is 0 Å². The maximum atomic E-state index is 11.9. The molecule has 0 fully saturated rings. The molecule has 1 aromatic carbocycles. The van der Waals surface area contributed by atoms with Crippen molar-refractivity contribution >= 4 is 23.7 Å². The summed E-state index contributed by atoms with van der Waals surface area (Å²) in [5.74, 6) is -1.05. The minimum atomic E-state index is -1.05. The lowest BCUT2D eigenvalue weighted by atomic mass is 9.94. The molecule has 1 aliphatic heterocycles. The van der Waals surface area contributed by atoms with Gasteiger partial charge in [-0.15, -0.1) is 0 Å². The summed E-state index contributed by atoms with van der Waals surface area (Å²) in [5, 5.41) is 9.82. The van der Waals surface area contributed by atoms with Crippen LogP contribution in [0.1, 0.15) is 11.1 Å². The van der Waals surface area contributed by atoms with Crippen LogP contribution in [0, 0.1) is 0 Å². The number of aliphatic carboxylic acids is 1. The van der Waals surface area contributed by atoms with Crippen LogP contribution in [0.2, 0.25) is 5.02 Å². The number of carbonyl (C=O) groups is 2. The molecule has 0 aromatic heterocycles. The van der Waals surface area contributed by atoms with Crippen molar-refractivity contribution in [3.63, 3.8) is 0 Å². The third-order valence-electron chi connectivity index (χ3n) is 3.14. The summed E-state index contributed by atoms with van der Waals surface area (Å²) in [7, 11) is 0. The van der Waals surface area contributed by atoms with Gasteiger partial charge in [-0.3, -0.25) is 4.90 Å². The van der Waals surface area contributed by atoms with Gasteiger partial charge in [-0.1, -0.05) is 30.3 Å². The van der Waals surface area contributed by atoms with Gasteiger partial charge in [-0.25, -0.2) is 9.59 Å². The molecule has 0 saturated heterocycles. The van der Waals surface area contributed by atoms with E-state index in [2.05, 4.69) is 6.58 Å². The lowest BCUT2D eigenvalue weighted by molar-refractivity contribution is -0.143. The highest BCUT2D eigenvalue weighted by Crippen LogP contribution is 2.26. The summed E-state index contributed by atoms with van der Waals surface area (Å²) < 4.78 is 4.93. The fraction of sp³-hybridized carbons (Fsp3) is 0.286. The number of nitrogens with zero attached hydrogens (tertiary/aromatic N) is 1. The molecule has 1 aromatic rings. The average molecular weight is 296 g/mol.